The second kappa shape index (κ2) is 10.1. The van der Waals surface area contributed by atoms with E-state index >= 15 is 0 Å². The molecule has 1 heterocycles. The largest absolute Gasteiger partial charge is 0.573 e. The van der Waals surface area contributed by atoms with Crippen molar-refractivity contribution in [3.63, 3.8) is 0 Å². The maximum Gasteiger partial charge on any atom is 0.573 e. The Balaban J connectivity index is 1.55. The number of hydrogen-bond acceptors (Lipinski definition) is 4. The van der Waals surface area contributed by atoms with E-state index in [0.717, 1.165) is 43.4 Å². The predicted octanol–water partition coefficient (Wildman–Crippen LogP) is 5.96. The standard InChI is InChI=1S/C27H26ClF3N2O5/c28-16-7-10-20-22(14-16)33(26(37)15-3-1-4-18(13-15)38-27(29,30)31)21-6-2-5-19(21)25(20)32(17-8-9-17)23(34)11-12-24(35)36/h1,3-4,7,10,13-14,17,19,21,25H,2,5-6,8-9,11-12H2,(H,35,36). The van der Waals surface area contributed by atoms with Crippen LogP contribution in [0.3, 0.4) is 0 Å². The van der Waals surface area contributed by atoms with Crippen molar-refractivity contribution in [2.24, 2.45) is 5.92 Å². The summed E-state index contributed by atoms with van der Waals surface area (Å²) in [6.45, 7) is 0. The number of aliphatic carboxylic acids is 1. The van der Waals surface area contributed by atoms with Gasteiger partial charge in [-0.2, -0.15) is 0 Å². The quantitative estimate of drug-likeness (QED) is 0.459. The number of alkyl halides is 3. The summed E-state index contributed by atoms with van der Waals surface area (Å²) in [7, 11) is 0. The first-order chi connectivity index (χ1) is 18.0. The number of carbonyl (C=O) groups excluding carboxylic acids is 2. The van der Waals surface area contributed by atoms with Crippen molar-refractivity contribution < 1.29 is 37.4 Å². The summed E-state index contributed by atoms with van der Waals surface area (Å²) in [6.07, 6.45) is -1.43. The van der Waals surface area contributed by atoms with Crippen LogP contribution in [-0.2, 0) is 9.59 Å². The molecule has 0 saturated heterocycles. The third-order valence-corrected chi connectivity index (χ3v) is 7.69. The maximum atomic E-state index is 13.9. The molecule has 1 N–H and O–H groups in total. The van der Waals surface area contributed by atoms with Crippen LogP contribution in [0.25, 0.3) is 0 Å². The summed E-state index contributed by atoms with van der Waals surface area (Å²) in [5, 5.41) is 9.51. The first kappa shape index (κ1) is 26.3. The number of fused-ring (bicyclic) bond motifs is 2. The molecular formula is C27H26ClF3N2O5. The number of amides is 2. The zero-order valence-corrected chi connectivity index (χ0v) is 21.0. The third kappa shape index (κ3) is 5.32. The van der Waals surface area contributed by atoms with Crippen molar-refractivity contribution in [1.82, 2.24) is 4.90 Å². The smallest absolute Gasteiger partial charge is 0.481 e. The fraction of sp³-hybridized carbons (Fsp3) is 0.444. The number of rotatable bonds is 7. The van der Waals surface area contributed by atoms with E-state index in [2.05, 4.69) is 4.74 Å². The first-order valence-electron chi connectivity index (χ1n) is 12.6. The lowest BCUT2D eigenvalue weighted by Crippen LogP contribution is -2.53. The number of hydrogen-bond donors (Lipinski definition) is 1. The van der Waals surface area contributed by atoms with Gasteiger partial charge in [-0.05, 0) is 61.6 Å². The van der Waals surface area contributed by atoms with Gasteiger partial charge in [0.15, 0.2) is 0 Å². The highest BCUT2D eigenvalue weighted by molar-refractivity contribution is 6.31. The van der Waals surface area contributed by atoms with Gasteiger partial charge in [0.1, 0.15) is 5.75 Å². The molecule has 11 heteroatoms. The zero-order valence-electron chi connectivity index (χ0n) is 20.3. The summed E-state index contributed by atoms with van der Waals surface area (Å²) in [4.78, 5) is 41.8. The molecule has 38 heavy (non-hydrogen) atoms. The highest BCUT2D eigenvalue weighted by Gasteiger charge is 2.51. The molecule has 2 aliphatic carbocycles. The summed E-state index contributed by atoms with van der Waals surface area (Å²) < 4.78 is 42.4. The maximum absolute atomic E-state index is 13.9. The Morgan fingerprint density at radius 2 is 1.82 bits per heavy atom. The molecule has 2 aromatic rings. The molecule has 3 unspecified atom stereocenters. The van der Waals surface area contributed by atoms with Gasteiger partial charge >= 0.3 is 12.3 Å². The molecule has 1 aliphatic heterocycles. The van der Waals surface area contributed by atoms with Crippen molar-refractivity contribution in [1.29, 1.82) is 0 Å². The van der Waals surface area contributed by atoms with E-state index in [1.807, 2.05) is 4.90 Å². The van der Waals surface area contributed by atoms with Crippen LogP contribution >= 0.6 is 11.6 Å². The minimum Gasteiger partial charge on any atom is -0.481 e. The molecule has 2 fully saturated rings. The van der Waals surface area contributed by atoms with Crippen molar-refractivity contribution in [3.05, 3.63) is 58.6 Å². The van der Waals surface area contributed by atoms with Crippen molar-refractivity contribution >= 4 is 35.1 Å². The van der Waals surface area contributed by atoms with Crippen LogP contribution in [0.1, 0.15) is 66.9 Å². The topological polar surface area (TPSA) is 87.2 Å². The van der Waals surface area contributed by atoms with Gasteiger partial charge < -0.3 is 19.6 Å². The van der Waals surface area contributed by atoms with E-state index in [1.165, 1.54) is 12.1 Å². The highest BCUT2D eigenvalue weighted by atomic mass is 35.5. The fourth-order valence-electron chi connectivity index (χ4n) is 5.91. The average Bonchev–Trinajstić information content (AvgIpc) is 3.56. The molecule has 0 radical (unpaired) electrons. The summed E-state index contributed by atoms with van der Waals surface area (Å²) in [5.41, 5.74) is 1.28. The Morgan fingerprint density at radius 3 is 2.50 bits per heavy atom. The minimum atomic E-state index is -4.89. The summed E-state index contributed by atoms with van der Waals surface area (Å²) in [6, 6.07) is 9.46. The summed E-state index contributed by atoms with van der Waals surface area (Å²) >= 11 is 6.35. The Hall–Kier alpha value is -3.27. The van der Waals surface area contributed by atoms with Crippen LogP contribution in [0.4, 0.5) is 18.9 Å². The van der Waals surface area contributed by atoms with Gasteiger partial charge in [-0.15, -0.1) is 13.2 Å². The van der Waals surface area contributed by atoms with Crippen molar-refractivity contribution in [2.75, 3.05) is 4.90 Å². The van der Waals surface area contributed by atoms with Gasteiger partial charge in [0.05, 0.1) is 18.2 Å². The Bertz CT molecular complexity index is 1270. The Morgan fingerprint density at radius 1 is 1.05 bits per heavy atom. The lowest BCUT2D eigenvalue weighted by Gasteiger charge is -2.48. The lowest BCUT2D eigenvalue weighted by molar-refractivity contribution is -0.274. The van der Waals surface area contributed by atoms with Crippen LogP contribution < -0.4 is 9.64 Å². The number of carbonyl (C=O) groups is 3. The van der Waals surface area contributed by atoms with Crippen molar-refractivity contribution in [3.8, 4) is 5.75 Å². The van der Waals surface area contributed by atoms with Crippen LogP contribution in [-0.4, -0.2) is 46.2 Å². The molecule has 2 saturated carbocycles. The molecule has 2 aromatic carbocycles. The average molecular weight is 551 g/mol. The van der Waals surface area contributed by atoms with E-state index in [0.29, 0.717) is 17.1 Å². The van der Waals surface area contributed by atoms with Crippen molar-refractivity contribution in [2.45, 2.75) is 69.4 Å². The first-order valence-corrected chi connectivity index (χ1v) is 12.9. The second-order valence-corrected chi connectivity index (χ2v) is 10.4. The molecule has 3 aliphatic rings. The molecular weight excluding hydrogens is 525 g/mol. The number of ether oxygens (including phenoxy) is 1. The van der Waals surface area contributed by atoms with E-state index in [-0.39, 0.29) is 48.4 Å². The molecule has 5 rings (SSSR count). The van der Waals surface area contributed by atoms with E-state index in [9.17, 15) is 27.6 Å². The minimum absolute atomic E-state index is 0.00419. The normalized spacial score (nSPS) is 22.4. The SMILES string of the molecule is O=C(O)CCC(=O)N(C1CC1)C1c2ccc(Cl)cc2N(C(=O)c2cccc(OC(F)(F)F)c2)C2CCCC21. The van der Waals surface area contributed by atoms with Gasteiger partial charge in [-0.1, -0.05) is 30.2 Å². The van der Waals surface area contributed by atoms with E-state index in [1.54, 1.807) is 23.1 Å². The molecule has 2 amide bonds. The molecule has 0 bridgehead atoms. The van der Waals surface area contributed by atoms with E-state index < -0.39 is 24.0 Å². The molecule has 0 spiro atoms. The predicted molar refractivity (Wildman–Crippen MR) is 132 cm³/mol. The highest BCUT2D eigenvalue weighted by Crippen LogP contribution is 2.53. The number of nitrogens with zero attached hydrogens (tertiary/aromatic N) is 2. The van der Waals surface area contributed by atoms with Gasteiger partial charge in [-0.25, -0.2) is 0 Å². The number of halogens is 4. The fourth-order valence-corrected chi connectivity index (χ4v) is 6.07. The monoisotopic (exact) mass is 550 g/mol. The van der Waals surface area contributed by atoms with Gasteiger partial charge in [0.25, 0.3) is 5.91 Å². The molecule has 3 atom stereocenters. The van der Waals surface area contributed by atoms with Crippen LogP contribution in [0.15, 0.2) is 42.5 Å². The van der Waals surface area contributed by atoms with E-state index in [4.69, 9.17) is 16.7 Å². The molecule has 202 valence electrons. The Labute approximate surface area is 222 Å². The van der Waals surface area contributed by atoms with Gasteiger partial charge in [0, 0.05) is 35.0 Å². The lowest BCUT2D eigenvalue weighted by atomic mass is 9.81. The zero-order chi connectivity index (χ0) is 27.2. The number of carboxylic acid groups (broad SMARTS) is 1. The number of carboxylic acids is 1. The molecule has 0 aromatic heterocycles. The molecule has 7 nitrogen and oxygen atoms in total. The van der Waals surface area contributed by atoms with Gasteiger partial charge in [-0.3, -0.25) is 14.4 Å². The van der Waals surface area contributed by atoms with Gasteiger partial charge in [0.2, 0.25) is 5.91 Å². The third-order valence-electron chi connectivity index (χ3n) is 7.45. The van der Waals surface area contributed by atoms with Crippen LogP contribution in [0.2, 0.25) is 5.02 Å². The second-order valence-electron chi connectivity index (χ2n) is 9.99. The number of anilines is 1. The summed E-state index contributed by atoms with van der Waals surface area (Å²) in [5.74, 6) is -2.36. The number of benzene rings is 2. The van der Waals surface area contributed by atoms with Crippen LogP contribution in [0.5, 0.6) is 5.75 Å². The Kier molecular flexibility index (Phi) is 7.02. The van der Waals surface area contributed by atoms with Crippen LogP contribution in [0, 0.1) is 5.92 Å².